The van der Waals surface area contributed by atoms with Crippen molar-refractivity contribution in [1.29, 1.82) is 0 Å². The molecule has 3 rings (SSSR count). The summed E-state index contributed by atoms with van der Waals surface area (Å²) in [6.07, 6.45) is 5.72. The van der Waals surface area contributed by atoms with Crippen LogP contribution >= 0.6 is 0 Å². The zero-order valence-electron chi connectivity index (χ0n) is 13.0. The molecule has 1 aliphatic heterocycles. The number of carbonyl (C=O) groups is 1. The first-order valence-electron chi connectivity index (χ1n) is 7.63. The molecule has 0 amide bonds. The lowest BCUT2D eigenvalue weighted by molar-refractivity contribution is -0.116. The zero-order chi connectivity index (χ0) is 16.2. The Morgan fingerprint density at radius 2 is 1.65 bits per heavy atom. The maximum absolute atomic E-state index is 12.3. The van der Waals surface area contributed by atoms with Crippen molar-refractivity contribution in [2.24, 2.45) is 0 Å². The third kappa shape index (κ3) is 3.34. The molecule has 0 fully saturated rings. The SMILES string of the molecule is CC1=CC=CN(C(c2ccccc2)c2ccc(O)cc2)CC1=O. The second-order valence-corrected chi connectivity index (χ2v) is 5.69. The van der Waals surface area contributed by atoms with Crippen molar-refractivity contribution in [2.75, 3.05) is 6.54 Å². The first-order chi connectivity index (χ1) is 11.1. The van der Waals surface area contributed by atoms with E-state index in [1.807, 2.05) is 60.5 Å². The molecule has 1 unspecified atom stereocenters. The van der Waals surface area contributed by atoms with Crippen molar-refractivity contribution >= 4 is 5.78 Å². The molecule has 1 heterocycles. The fourth-order valence-corrected chi connectivity index (χ4v) is 2.78. The van der Waals surface area contributed by atoms with Crippen LogP contribution in [0.25, 0.3) is 0 Å². The average Bonchev–Trinajstić information content (AvgIpc) is 2.72. The lowest BCUT2D eigenvalue weighted by Crippen LogP contribution is -2.29. The predicted octanol–water partition coefficient (Wildman–Crippen LogP) is 3.83. The molecule has 1 N–H and O–H groups in total. The second kappa shape index (κ2) is 6.53. The van der Waals surface area contributed by atoms with Crippen molar-refractivity contribution in [1.82, 2.24) is 4.90 Å². The van der Waals surface area contributed by atoms with Crippen molar-refractivity contribution in [3.8, 4) is 5.75 Å². The summed E-state index contributed by atoms with van der Waals surface area (Å²) < 4.78 is 0. The topological polar surface area (TPSA) is 40.5 Å². The second-order valence-electron chi connectivity index (χ2n) is 5.69. The number of ketones is 1. The van der Waals surface area contributed by atoms with Gasteiger partial charge in [0, 0.05) is 6.20 Å². The lowest BCUT2D eigenvalue weighted by Gasteiger charge is -2.30. The van der Waals surface area contributed by atoms with Gasteiger partial charge in [-0.05, 0) is 41.8 Å². The Balaban J connectivity index is 2.02. The molecule has 0 bridgehead atoms. The van der Waals surface area contributed by atoms with Crippen LogP contribution in [0.3, 0.4) is 0 Å². The Bertz CT molecular complexity index is 745. The Labute approximate surface area is 136 Å². The molecule has 3 heteroatoms. The number of aromatic hydroxyl groups is 1. The Morgan fingerprint density at radius 1 is 1.00 bits per heavy atom. The summed E-state index contributed by atoms with van der Waals surface area (Å²) in [5.74, 6) is 0.357. The number of hydrogen-bond donors (Lipinski definition) is 1. The Morgan fingerprint density at radius 3 is 2.35 bits per heavy atom. The number of hydrogen-bond acceptors (Lipinski definition) is 3. The van der Waals surface area contributed by atoms with Crippen LogP contribution in [0.5, 0.6) is 5.75 Å². The summed E-state index contributed by atoms with van der Waals surface area (Å²) in [6, 6.07) is 17.2. The van der Waals surface area contributed by atoms with Gasteiger partial charge in [0.1, 0.15) is 5.75 Å². The van der Waals surface area contributed by atoms with Crippen LogP contribution in [0.4, 0.5) is 0 Å². The zero-order valence-corrected chi connectivity index (χ0v) is 13.0. The van der Waals surface area contributed by atoms with Gasteiger partial charge in [-0.3, -0.25) is 4.79 Å². The summed E-state index contributed by atoms with van der Waals surface area (Å²) in [7, 11) is 0. The van der Waals surface area contributed by atoms with Gasteiger partial charge in [0.2, 0.25) is 0 Å². The van der Waals surface area contributed by atoms with Crippen molar-refractivity contribution in [3.05, 3.63) is 89.6 Å². The van der Waals surface area contributed by atoms with Gasteiger partial charge in [-0.2, -0.15) is 0 Å². The van der Waals surface area contributed by atoms with E-state index in [0.717, 1.165) is 16.7 Å². The number of Topliss-reactive ketones (excluding diaryl/α,β-unsaturated/α-hetero) is 1. The van der Waals surface area contributed by atoms with Gasteiger partial charge in [-0.1, -0.05) is 48.5 Å². The predicted molar refractivity (Wildman–Crippen MR) is 91.0 cm³/mol. The van der Waals surface area contributed by atoms with Crippen LogP contribution in [-0.2, 0) is 4.79 Å². The fourth-order valence-electron chi connectivity index (χ4n) is 2.78. The lowest BCUT2D eigenvalue weighted by atomic mass is 9.97. The Hall–Kier alpha value is -2.81. The number of phenols is 1. The highest BCUT2D eigenvalue weighted by Gasteiger charge is 2.23. The van der Waals surface area contributed by atoms with Gasteiger partial charge in [-0.25, -0.2) is 0 Å². The number of phenolic OH excluding ortho intramolecular Hbond substituents is 1. The molecule has 2 aromatic carbocycles. The van der Waals surface area contributed by atoms with E-state index >= 15 is 0 Å². The highest BCUT2D eigenvalue weighted by molar-refractivity contribution is 5.97. The largest absolute Gasteiger partial charge is 0.508 e. The molecule has 2 aromatic rings. The van der Waals surface area contributed by atoms with Gasteiger partial charge in [0.05, 0.1) is 12.6 Å². The minimum atomic E-state index is -0.0729. The average molecular weight is 305 g/mol. The maximum atomic E-state index is 12.3. The molecule has 0 radical (unpaired) electrons. The van der Waals surface area contributed by atoms with E-state index in [2.05, 4.69) is 12.1 Å². The van der Waals surface area contributed by atoms with Crippen LogP contribution < -0.4 is 0 Å². The smallest absolute Gasteiger partial charge is 0.177 e. The normalized spacial score (nSPS) is 16.0. The summed E-state index contributed by atoms with van der Waals surface area (Å²) in [5, 5.41) is 9.55. The van der Waals surface area contributed by atoms with Gasteiger partial charge in [-0.15, -0.1) is 0 Å². The van der Waals surface area contributed by atoms with Crippen LogP contribution in [0.15, 0.2) is 78.5 Å². The van der Waals surface area contributed by atoms with Gasteiger partial charge in [0.15, 0.2) is 5.78 Å². The van der Waals surface area contributed by atoms with E-state index in [1.165, 1.54) is 0 Å². The Kier molecular flexibility index (Phi) is 4.29. The quantitative estimate of drug-likeness (QED) is 0.937. The van der Waals surface area contributed by atoms with Crippen LogP contribution in [0.2, 0.25) is 0 Å². The molecule has 0 saturated carbocycles. The third-order valence-electron chi connectivity index (χ3n) is 4.05. The maximum Gasteiger partial charge on any atom is 0.177 e. The molecule has 0 saturated heterocycles. The van der Waals surface area contributed by atoms with Crippen molar-refractivity contribution < 1.29 is 9.90 Å². The molecule has 116 valence electrons. The van der Waals surface area contributed by atoms with Crippen molar-refractivity contribution in [3.63, 3.8) is 0 Å². The van der Waals surface area contributed by atoms with E-state index in [0.29, 0.717) is 6.54 Å². The molecule has 1 atom stereocenters. The minimum absolute atomic E-state index is 0.0729. The molecular weight excluding hydrogens is 286 g/mol. The summed E-state index contributed by atoms with van der Waals surface area (Å²) in [6.45, 7) is 2.17. The molecule has 3 nitrogen and oxygen atoms in total. The number of carbonyl (C=O) groups excluding carboxylic acids is 1. The van der Waals surface area contributed by atoms with E-state index in [1.54, 1.807) is 12.1 Å². The number of benzene rings is 2. The highest BCUT2D eigenvalue weighted by atomic mass is 16.3. The molecule has 0 aliphatic carbocycles. The first-order valence-corrected chi connectivity index (χ1v) is 7.63. The number of rotatable bonds is 3. The van der Waals surface area contributed by atoms with Crippen LogP contribution in [0.1, 0.15) is 24.1 Å². The minimum Gasteiger partial charge on any atom is -0.508 e. The highest BCUT2D eigenvalue weighted by Crippen LogP contribution is 2.30. The van der Waals surface area contributed by atoms with E-state index in [-0.39, 0.29) is 17.6 Å². The van der Waals surface area contributed by atoms with Gasteiger partial charge in [0.25, 0.3) is 0 Å². The van der Waals surface area contributed by atoms with Gasteiger partial charge >= 0.3 is 0 Å². The molecule has 1 aliphatic rings. The fraction of sp³-hybridized carbons (Fsp3) is 0.150. The molecule has 23 heavy (non-hydrogen) atoms. The van der Waals surface area contributed by atoms with Gasteiger partial charge < -0.3 is 10.0 Å². The summed E-state index contributed by atoms with van der Waals surface area (Å²) in [4.78, 5) is 14.3. The number of nitrogens with zero attached hydrogens (tertiary/aromatic N) is 1. The molecule has 0 spiro atoms. The monoisotopic (exact) mass is 305 g/mol. The standard InChI is InChI=1S/C20H19NO2/c1-15-6-5-13-21(14-19(15)23)20(16-7-3-2-4-8-16)17-9-11-18(22)12-10-17/h2-13,20,22H,14H2,1H3. The van der Waals surface area contributed by atoms with Crippen LogP contribution in [-0.4, -0.2) is 22.3 Å². The van der Waals surface area contributed by atoms with Crippen molar-refractivity contribution in [2.45, 2.75) is 13.0 Å². The molecular formula is C20H19NO2. The first kappa shape index (κ1) is 15.1. The number of allylic oxidation sites excluding steroid dienone is 2. The summed E-state index contributed by atoms with van der Waals surface area (Å²) >= 11 is 0. The van der Waals surface area contributed by atoms with E-state index < -0.39 is 0 Å². The van der Waals surface area contributed by atoms with E-state index in [4.69, 9.17) is 0 Å². The van der Waals surface area contributed by atoms with Crippen LogP contribution in [0, 0.1) is 0 Å². The van der Waals surface area contributed by atoms with E-state index in [9.17, 15) is 9.90 Å². The summed E-state index contributed by atoms with van der Waals surface area (Å²) in [5.41, 5.74) is 2.91. The molecule has 0 aromatic heterocycles. The third-order valence-corrected chi connectivity index (χ3v) is 4.05.